The number of carbonyl (C=O) groups is 1. The van der Waals surface area contributed by atoms with Crippen molar-refractivity contribution in [3.63, 3.8) is 0 Å². The monoisotopic (exact) mass is 262 g/mol. The molecule has 0 saturated carbocycles. The first-order valence-electron chi connectivity index (χ1n) is 6.86. The lowest BCUT2D eigenvalue weighted by molar-refractivity contribution is 0.0951. The molecule has 1 saturated heterocycles. The molecule has 0 spiro atoms. The van der Waals surface area contributed by atoms with Crippen LogP contribution in [0.1, 0.15) is 37.2 Å². The SMILES string of the molecule is CCCC1(N)CN(c2ccnc(C(=O)NCC)c2)C1. The number of nitrogens with one attached hydrogen (secondary N) is 1. The van der Waals surface area contributed by atoms with Crippen LogP contribution in [0.3, 0.4) is 0 Å². The van der Waals surface area contributed by atoms with E-state index < -0.39 is 0 Å². The largest absolute Gasteiger partial charge is 0.368 e. The van der Waals surface area contributed by atoms with Crippen molar-refractivity contribution in [1.82, 2.24) is 10.3 Å². The number of nitrogens with two attached hydrogens (primary N) is 1. The number of hydrogen-bond donors (Lipinski definition) is 2. The number of nitrogens with zero attached hydrogens (tertiary/aromatic N) is 2. The normalized spacial score (nSPS) is 16.9. The van der Waals surface area contributed by atoms with Crippen LogP contribution in [0.25, 0.3) is 0 Å². The van der Waals surface area contributed by atoms with Gasteiger partial charge in [0, 0.05) is 31.5 Å². The van der Waals surface area contributed by atoms with Crippen LogP contribution in [0.15, 0.2) is 18.3 Å². The highest BCUT2D eigenvalue weighted by Crippen LogP contribution is 2.29. The maximum atomic E-state index is 11.7. The molecule has 1 aromatic heterocycles. The van der Waals surface area contributed by atoms with Crippen LogP contribution in [-0.4, -0.2) is 36.1 Å². The summed E-state index contributed by atoms with van der Waals surface area (Å²) in [5, 5.41) is 2.76. The van der Waals surface area contributed by atoms with E-state index in [-0.39, 0.29) is 11.4 Å². The molecule has 5 heteroatoms. The second kappa shape index (κ2) is 5.57. The van der Waals surface area contributed by atoms with Gasteiger partial charge >= 0.3 is 0 Å². The molecular formula is C14H22N4O. The van der Waals surface area contributed by atoms with E-state index in [0.29, 0.717) is 12.2 Å². The molecule has 0 unspecified atom stereocenters. The smallest absolute Gasteiger partial charge is 0.269 e. The minimum absolute atomic E-state index is 0.0656. The first kappa shape index (κ1) is 13.8. The third kappa shape index (κ3) is 3.04. The standard InChI is InChI=1S/C14H22N4O/c1-3-6-14(15)9-18(10-14)11-5-7-17-12(8-11)13(19)16-4-2/h5,7-8H,3-4,6,9-10,15H2,1-2H3,(H,16,19). The number of amides is 1. The summed E-state index contributed by atoms with van der Waals surface area (Å²) in [5.41, 5.74) is 7.67. The lowest BCUT2D eigenvalue weighted by Crippen LogP contribution is -2.67. The zero-order chi connectivity index (χ0) is 13.9. The average Bonchev–Trinajstić information content (AvgIpc) is 2.36. The van der Waals surface area contributed by atoms with E-state index in [9.17, 15) is 4.79 Å². The molecule has 3 N–H and O–H groups in total. The van der Waals surface area contributed by atoms with Gasteiger partial charge in [-0.05, 0) is 25.5 Å². The fourth-order valence-electron chi connectivity index (χ4n) is 2.54. The van der Waals surface area contributed by atoms with Crippen LogP contribution in [0.4, 0.5) is 5.69 Å². The Morgan fingerprint density at radius 1 is 1.53 bits per heavy atom. The molecule has 1 fully saturated rings. The van der Waals surface area contributed by atoms with Gasteiger partial charge in [0.05, 0.1) is 5.54 Å². The number of rotatable bonds is 5. The molecule has 0 atom stereocenters. The average molecular weight is 262 g/mol. The Morgan fingerprint density at radius 2 is 2.26 bits per heavy atom. The minimum Gasteiger partial charge on any atom is -0.368 e. The Balaban J connectivity index is 2.03. The van der Waals surface area contributed by atoms with E-state index in [1.807, 2.05) is 19.1 Å². The second-order valence-corrected chi connectivity index (χ2v) is 5.23. The van der Waals surface area contributed by atoms with E-state index in [1.54, 1.807) is 6.20 Å². The van der Waals surface area contributed by atoms with Crippen LogP contribution in [0.5, 0.6) is 0 Å². The molecule has 104 valence electrons. The van der Waals surface area contributed by atoms with Crippen LogP contribution < -0.4 is 16.0 Å². The van der Waals surface area contributed by atoms with Crippen molar-refractivity contribution < 1.29 is 4.79 Å². The van der Waals surface area contributed by atoms with Crippen LogP contribution >= 0.6 is 0 Å². The van der Waals surface area contributed by atoms with Gasteiger partial charge in [0.2, 0.25) is 0 Å². The van der Waals surface area contributed by atoms with Gasteiger partial charge in [0.1, 0.15) is 5.69 Å². The fourth-order valence-corrected chi connectivity index (χ4v) is 2.54. The van der Waals surface area contributed by atoms with E-state index in [4.69, 9.17) is 5.73 Å². The Labute approximate surface area is 114 Å². The van der Waals surface area contributed by atoms with Crippen LogP contribution in [0, 0.1) is 0 Å². The van der Waals surface area contributed by atoms with Gasteiger partial charge in [0.25, 0.3) is 5.91 Å². The summed E-state index contributed by atoms with van der Waals surface area (Å²) in [6, 6.07) is 3.75. The number of pyridine rings is 1. The number of carbonyl (C=O) groups excluding carboxylic acids is 1. The van der Waals surface area contributed by atoms with Crippen LogP contribution in [-0.2, 0) is 0 Å². The lowest BCUT2D eigenvalue weighted by Gasteiger charge is -2.49. The highest BCUT2D eigenvalue weighted by atomic mass is 16.1. The summed E-state index contributed by atoms with van der Waals surface area (Å²) < 4.78 is 0. The molecule has 5 nitrogen and oxygen atoms in total. The predicted octanol–water partition coefficient (Wildman–Crippen LogP) is 1.15. The van der Waals surface area contributed by atoms with Gasteiger partial charge in [0.15, 0.2) is 0 Å². The number of hydrogen-bond acceptors (Lipinski definition) is 4. The van der Waals surface area contributed by atoms with E-state index in [1.165, 1.54) is 0 Å². The summed E-state index contributed by atoms with van der Waals surface area (Å²) in [6.45, 7) is 6.35. The van der Waals surface area contributed by atoms with Crippen LogP contribution in [0.2, 0.25) is 0 Å². The molecule has 19 heavy (non-hydrogen) atoms. The van der Waals surface area contributed by atoms with Gasteiger partial charge in [-0.15, -0.1) is 0 Å². The van der Waals surface area contributed by atoms with Crippen molar-refractivity contribution in [2.24, 2.45) is 5.73 Å². The van der Waals surface area contributed by atoms with E-state index >= 15 is 0 Å². The topological polar surface area (TPSA) is 71.2 Å². The number of aromatic nitrogens is 1. The van der Waals surface area contributed by atoms with Crippen molar-refractivity contribution in [2.75, 3.05) is 24.5 Å². The molecule has 2 heterocycles. The lowest BCUT2D eigenvalue weighted by atomic mass is 9.86. The van der Waals surface area contributed by atoms with Gasteiger partial charge in [-0.2, -0.15) is 0 Å². The molecule has 1 aliphatic heterocycles. The zero-order valence-corrected chi connectivity index (χ0v) is 11.6. The van der Waals surface area contributed by atoms with Crippen molar-refractivity contribution in [3.05, 3.63) is 24.0 Å². The van der Waals surface area contributed by atoms with Gasteiger partial charge in [-0.3, -0.25) is 9.78 Å². The quantitative estimate of drug-likeness (QED) is 0.835. The Bertz CT molecular complexity index is 455. The second-order valence-electron chi connectivity index (χ2n) is 5.23. The molecule has 1 aliphatic rings. The Hall–Kier alpha value is -1.62. The molecule has 0 bridgehead atoms. The maximum absolute atomic E-state index is 11.7. The maximum Gasteiger partial charge on any atom is 0.269 e. The summed E-state index contributed by atoms with van der Waals surface area (Å²) in [4.78, 5) is 18.0. The first-order chi connectivity index (χ1) is 9.08. The zero-order valence-electron chi connectivity index (χ0n) is 11.6. The summed E-state index contributed by atoms with van der Waals surface area (Å²) in [7, 11) is 0. The van der Waals surface area contributed by atoms with E-state index in [0.717, 1.165) is 31.6 Å². The Morgan fingerprint density at radius 3 is 2.89 bits per heavy atom. The molecule has 0 radical (unpaired) electrons. The third-order valence-electron chi connectivity index (χ3n) is 3.44. The highest BCUT2D eigenvalue weighted by Gasteiger charge is 2.38. The molecule has 0 aliphatic carbocycles. The fraction of sp³-hybridized carbons (Fsp3) is 0.571. The van der Waals surface area contributed by atoms with Crippen molar-refractivity contribution >= 4 is 11.6 Å². The number of anilines is 1. The minimum atomic E-state index is -0.127. The highest BCUT2D eigenvalue weighted by molar-refractivity contribution is 5.93. The first-order valence-corrected chi connectivity index (χ1v) is 6.86. The molecule has 1 aromatic rings. The third-order valence-corrected chi connectivity index (χ3v) is 3.44. The predicted molar refractivity (Wildman–Crippen MR) is 76.3 cm³/mol. The van der Waals surface area contributed by atoms with Gasteiger partial charge in [-0.25, -0.2) is 0 Å². The molecular weight excluding hydrogens is 240 g/mol. The molecule has 1 amide bonds. The Kier molecular flexibility index (Phi) is 4.04. The van der Waals surface area contributed by atoms with Crippen molar-refractivity contribution in [3.8, 4) is 0 Å². The van der Waals surface area contributed by atoms with Crippen molar-refractivity contribution in [2.45, 2.75) is 32.2 Å². The molecule has 0 aromatic carbocycles. The summed E-state index contributed by atoms with van der Waals surface area (Å²) in [6.07, 6.45) is 3.82. The summed E-state index contributed by atoms with van der Waals surface area (Å²) in [5.74, 6) is -0.127. The molecule has 2 rings (SSSR count). The van der Waals surface area contributed by atoms with Crippen molar-refractivity contribution in [1.29, 1.82) is 0 Å². The van der Waals surface area contributed by atoms with Gasteiger partial charge < -0.3 is 16.0 Å². The van der Waals surface area contributed by atoms with Gasteiger partial charge in [-0.1, -0.05) is 13.3 Å². The summed E-state index contributed by atoms with van der Waals surface area (Å²) >= 11 is 0. The van der Waals surface area contributed by atoms with E-state index in [2.05, 4.69) is 22.1 Å².